The lowest BCUT2D eigenvalue weighted by Gasteiger charge is -1.93. The van der Waals surface area contributed by atoms with Crippen molar-refractivity contribution in [1.29, 1.82) is 0 Å². The third-order valence-electron chi connectivity index (χ3n) is 2.56. The van der Waals surface area contributed by atoms with Crippen molar-refractivity contribution in [3.63, 3.8) is 0 Å². The van der Waals surface area contributed by atoms with Gasteiger partial charge >= 0.3 is 0 Å². The number of rotatable bonds is 1. The van der Waals surface area contributed by atoms with E-state index in [4.69, 9.17) is 5.73 Å². The Hall–Kier alpha value is -1.87. The second-order valence-electron chi connectivity index (χ2n) is 3.59. The zero-order chi connectivity index (χ0) is 11.0. The van der Waals surface area contributed by atoms with E-state index in [1.54, 1.807) is 11.3 Å². The maximum atomic E-state index is 6.14. The number of pyridine rings is 1. The highest BCUT2D eigenvalue weighted by molar-refractivity contribution is 7.20. The van der Waals surface area contributed by atoms with Crippen molar-refractivity contribution in [2.75, 3.05) is 5.73 Å². The molecule has 3 heteroatoms. The number of hydrogen-bond acceptors (Lipinski definition) is 2. The van der Waals surface area contributed by atoms with Gasteiger partial charge in [-0.1, -0.05) is 47.7 Å². The summed E-state index contributed by atoms with van der Waals surface area (Å²) in [4.78, 5) is 2.30. The molecule has 0 spiro atoms. The van der Waals surface area contributed by atoms with Crippen LogP contribution in [0.4, 0.5) is 5.82 Å². The van der Waals surface area contributed by atoms with Gasteiger partial charge in [-0.25, -0.2) is 0 Å². The smallest absolute Gasteiger partial charge is 0.285 e. The zero-order valence-electron chi connectivity index (χ0n) is 8.63. The van der Waals surface area contributed by atoms with E-state index in [9.17, 15) is 0 Å². The number of nitrogens with zero attached hydrogens (tertiary/aromatic N) is 1. The highest BCUT2D eigenvalue weighted by Gasteiger charge is 2.15. The summed E-state index contributed by atoms with van der Waals surface area (Å²) < 4.78 is 2.02. The van der Waals surface area contributed by atoms with Gasteiger partial charge in [0.05, 0.1) is 6.20 Å². The highest BCUT2D eigenvalue weighted by atomic mass is 32.1. The Morgan fingerprint density at radius 3 is 2.44 bits per heavy atom. The molecule has 0 saturated carbocycles. The molecule has 0 aliphatic rings. The highest BCUT2D eigenvalue weighted by Crippen LogP contribution is 2.30. The number of fused-ring (bicyclic) bond motifs is 1. The Labute approximate surface area is 97.6 Å². The number of nitrogen functional groups attached to an aromatic ring is 1. The Morgan fingerprint density at radius 1 is 0.938 bits per heavy atom. The molecule has 1 aromatic carbocycles. The van der Waals surface area contributed by atoms with Crippen molar-refractivity contribution in [2.45, 2.75) is 0 Å². The molecule has 0 atom stereocenters. The fraction of sp³-hybridized carbons (Fsp3) is 0. The summed E-state index contributed by atoms with van der Waals surface area (Å²) in [5, 5.41) is 0. The van der Waals surface area contributed by atoms with E-state index in [2.05, 4.69) is 18.2 Å². The van der Waals surface area contributed by atoms with Crippen LogP contribution in [0.1, 0.15) is 0 Å². The molecule has 2 heterocycles. The van der Waals surface area contributed by atoms with Gasteiger partial charge in [0.15, 0.2) is 4.83 Å². The van der Waals surface area contributed by atoms with Gasteiger partial charge < -0.3 is 0 Å². The minimum atomic E-state index is 0.812. The van der Waals surface area contributed by atoms with Crippen LogP contribution in [0, 0.1) is 0 Å². The minimum absolute atomic E-state index is 0.812. The fourth-order valence-electron chi connectivity index (χ4n) is 1.77. The monoisotopic (exact) mass is 227 g/mol. The number of anilines is 1. The standard InChI is InChI=1S/C13H11N2S/c14-13-12(10-6-2-1-3-7-10)16-11-8-4-5-9-15(11)13/h1-9H,14H2/q+1. The molecule has 78 valence electrons. The van der Waals surface area contributed by atoms with E-state index in [-0.39, 0.29) is 0 Å². The lowest BCUT2D eigenvalue weighted by molar-refractivity contribution is -0.490. The van der Waals surface area contributed by atoms with Gasteiger partial charge in [0.2, 0.25) is 0 Å². The predicted molar refractivity (Wildman–Crippen MR) is 67.3 cm³/mol. The van der Waals surface area contributed by atoms with Crippen molar-refractivity contribution in [1.82, 2.24) is 0 Å². The first-order valence-corrected chi connectivity index (χ1v) is 5.92. The van der Waals surface area contributed by atoms with E-state index < -0.39 is 0 Å². The second-order valence-corrected chi connectivity index (χ2v) is 4.62. The van der Waals surface area contributed by atoms with Crippen LogP contribution in [0.25, 0.3) is 15.3 Å². The van der Waals surface area contributed by atoms with Crippen molar-refractivity contribution in [3.05, 3.63) is 54.7 Å². The maximum absolute atomic E-state index is 6.14. The van der Waals surface area contributed by atoms with Crippen LogP contribution in [0.5, 0.6) is 0 Å². The third kappa shape index (κ3) is 1.37. The average Bonchev–Trinajstić information content (AvgIpc) is 2.69. The van der Waals surface area contributed by atoms with Crippen molar-refractivity contribution >= 4 is 22.0 Å². The molecule has 2 nitrogen and oxygen atoms in total. The van der Waals surface area contributed by atoms with Gasteiger partial charge in [-0.05, 0) is 12.1 Å². The summed E-state index contributed by atoms with van der Waals surface area (Å²) >= 11 is 1.71. The van der Waals surface area contributed by atoms with E-state index >= 15 is 0 Å². The lowest BCUT2D eigenvalue weighted by Crippen LogP contribution is -2.21. The number of nitrogens with two attached hydrogens (primary N) is 1. The van der Waals surface area contributed by atoms with Crippen LogP contribution in [0.15, 0.2) is 54.7 Å². The van der Waals surface area contributed by atoms with Gasteiger partial charge in [0.1, 0.15) is 4.88 Å². The fourth-order valence-corrected chi connectivity index (χ4v) is 2.84. The first-order chi connectivity index (χ1) is 7.86. The molecule has 16 heavy (non-hydrogen) atoms. The third-order valence-corrected chi connectivity index (χ3v) is 3.75. The van der Waals surface area contributed by atoms with Crippen LogP contribution in [0.2, 0.25) is 0 Å². The molecule has 2 aromatic heterocycles. The van der Waals surface area contributed by atoms with Gasteiger partial charge in [-0.3, -0.25) is 5.73 Å². The van der Waals surface area contributed by atoms with E-state index in [1.807, 2.05) is 40.9 Å². The molecule has 0 bridgehead atoms. The first-order valence-electron chi connectivity index (χ1n) is 5.10. The van der Waals surface area contributed by atoms with Crippen LogP contribution in [0.3, 0.4) is 0 Å². The largest absolute Gasteiger partial charge is 0.296 e. The van der Waals surface area contributed by atoms with Crippen LogP contribution >= 0.6 is 11.3 Å². The van der Waals surface area contributed by atoms with Crippen molar-refractivity contribution < 1.29 is 4.40 Å². The van der Waals surface area contributed by atoms with Crippen LogP contribution in [-0.2, 0) is 0 Å². The van der Waals surface area contributed by atoms with Gasteiger partial charge in [0, 0.05) is 5.56 Å². The van der Waals surface area contributed by atoms with E-state index in [0.29, 0.717) is 0 Å². The molecule has 2 N–H and O–H groups in total. The molecule has 0 radical (unpaired) electrons. The summed E-state index contributed by atoms with van der Waals surface area (Å²) in [5.74, 6) is 0.812. The number of aromatic nitrogens is 1. The molecule has 0 unspecified atom stereocenters. The molecule has 0 amide bonds. The summed E-state index contributed by atoms with van der Waals surface area (Å²) in [6.45, 7) is 0. The predicted octanol–water partition coefficient (Wildman–Crippen LogP) is 2.74. The summed E-state index contributed by atoms with van der Waals surface area (Å²) in [7, 11) is 0. The summed E-state index contributed by atoms with van der Waals surface area (Å²) in [6, 6.07) is 16.3. The summed E-state index contributed by atoms with van der Waals surface area (Å²) in [5.41, 5.74) is 7.32. The number of hydrogen-bond donors (Lipinski definition) is 1. The summed E-state index contributed by atoms with van der Waals surface area (Å²) in [6.07, 6.45) is 1.99. The van der Waals surface area contributed by atoms with Crippen molar-refractivity contribution in [3.8, 4) is 10.4 Å². The molecule has 3 aromatic rings. The maximum Gasteiger partial charge on any atom is 0.296 e. The Bertz CT molecular complexity index is 629. The topological polar surface area (TPSA) is 30.1 Å². The normalized spacial score (nSPS) is 10.8. The van der Waals surface area contributed by atoms with Gasteiger partial charge in [0.25, 0.3) is 5.82 Å². The van der Waals surface area contributed by atoms with Crippen molar-refractivity contribution in [2.24, 2.45) is 0 Å². The van der Waals surface area contributed by atoms with Crippen LogP contribution < -0.4 is 10.1 Å². The van der Waals surface area contributed by atoms with Gasteiger partial charge in [-0.2, -0.15) is 4.40 Å². The molecule has 3 rings (SSSR count). The number of benzene rings is 1. The molecular weight excluding hydrogens is 216 g/mol. The van der Waals surface area contributed by atoms with E-state index in [1.165, 1.54) is 10.4 Å². The quantitative estimate of drug-likeness (QED) is 0.636. The minimum Gasteiger partial charge on any atom is -0.285 e. The second kappa shape index (κ2) is 3.61. The molecule has 0 aliphatic carbocycles. The lowest BCUT2D eigenvalue weighted by atomic mass is 10.2. The Balaban J connectivity index is 2.29. The van der Waals surface area contributed by atoms with Gasteiger partial charge in [-0.15, -0.1) is 0 Å². The molecule has 0 fully saturated rings. The zero-order valence-corrected chi connectivity index (χ0v) is 9.45. The molecular formula is C13H11N2S+. The Morgan fingerprint density at radius 2 is 1.69 bits per heavy atom. The Kier molecular flexibility index (Phi) is 2.11. The first kappa shape index (κ1) is 9.36. The molecule has 0 saturated heterocycles. The van der Waals surface area contributed by atoms with Crippen LogP contribution in [-0.4, -0.2) is 0 Å². The SMILES string of the molecule is Nc1c(-c2ccccc2)sc2cccc[n+]12. The number of thiazole rings is 1. The van der Waals surface area contributed by atoms with E-state index in [0.717, 1.165) is 10.7 Å². The average molecular weight is 227 g/mol. The molecule has 0 aliphatic heterocycles.